The van der Waals surface area contributed by atoms with E-state index in [0.29, 0.717) is 0 Å². The third kappa shape index (κ3) is 12.1. The van der Waals surface area contributed by atoms with E-state index in [1.54, 1.807) is 28.4 Å². The van der Waals surface area contributed by atoms with Crippen molar-refractivity contribution in [3.05, 3.63) is 54.8 Å². The predicted octanol–water partition coefficient (Wildman–Crippen LogP) is 3.94. The Hall–Kier alpha value is -1.24. The highest BCUT2D eigenvalue weighted by atomic mass is 16.5. The van der Waals surface area contributed by atoms with Crippen LogP contribution in [0.15, 0.2) is 47.7 Å². The summed E-state index contributed by atoms with van der Waals surface area (Å²) in [4.78, 5) is 0. The van der Waals surface area contributed by atoms with Crippen LogP contribution >= 0.6 is 0 Å². The molecular weight excluding hydrogens is 366 g/mol. The highest BCUT2D eigenvalue weighted by Crippen LogP contribution is 2.21. The lowest BCUT2D eigenvalue weighted by Crippen LogP contribution is -2.73. The van der Waals surface area contributed by atoms with Gasteiger partial charge in [-0.2, -0.15) is 0 Å². The van der Waals surface area contributed by atoms with Crippen molar-refractivity contribution in [3.8, 4) is 0 Å². The first kappa shape index (κ1) is 27.8. The molecule has 0 fully saturated rings. The first-order valence-corrected chi connectivity index (χ1v) is 10.2. The van der Waals surface area contributed by atoms with Crippen LogP contribution in [-0.2, 0) is 18.9 Å². The standard InChI is InChI=1S/C24H43NO4/c1-10-11-21(26-6)15-22(27-7)16-23(28-8)17-24(29-9)19(3)14-18(2)12-13-20(4)25-5/h10,12-14,21-24H,1,5,11,15-17,25H2,2-4,6-9H3/b18-12-,19-14+,20-13+/t21-,22-,23-,24-/m0/s1. The predicted molar refractivity (Wildman–Crippen MR) is 120 cm³/mol. The zero-order valence-electron chi connectivity index (χ0n) is 19.6. The normalized spacial score (nSPS) is 17.7. The molecule has 0 saturated carbocycles. The summed E-state index contributed by atoms with van der Waals surface area (Å²) in [5, 5.41) is 1.84. The first-order valence-electron chi connectivity index (χ1n) is 10.2. The largest absolute Gasteiger partial charge is 0.450 e. The van der Waals surface area contributed by atoms with Gasteiger partial charge in [0.1, 0.15) is 0 Å². The summed E-state index contributed by atoms with van der Waals surface area (Å²) in [5.41, 5.74) is 3.47. The van der Waals surface area contributed by atoms with Crippen molar-refractivity contribution in [3.63, 3.8) is 0 Å². The van der Waals surface area contributed by atoms with Crippen molar-refractivity contribution in [1.82, 2.24) is 0 Å². The quantitative estimate of drug-likeness (QED) is 0.238. The number of nitrogens with two attached hydrogens (primary N) is 1. The third-order valence-electron chi connectivity index (χ3n) is 5.14. The van der Waals surface area contributed by atoms with Gasteiger partial charge in [0.15, 0.2) is 0 Å². The van der Waals surface area contributed by atoms with Crippen LogP contribution in [0.25, 0.3) is 0 Å². The molecule has 0 unspecified atom stereocenters. The second-order valence-electron chi connectivity index (χ2n) is 7.44. The lowest BCUT2D eigenvalue weighted by Gasteiger charge is -2.27. The van der Waals surface area contributed by atoms with Gasteiger partial charge in [0, 0.05) is 48.2 Å². The SMILES string of the molecule is C=CC[C@@H](C[C@@H](C[C@@H](C[C@H](OC)/C(C)=C/C(C)=C\C=C(/C)[NH2+][CH2-])OC)OC)OC. The Balaban J connectivity index is 5.07. The number of hydrogen-bond acceptors (Lipinski definition) is 4. The molecule has 168 valence electrons. The molecule has 0 spiro atoms. The van der Waals surface area contributed by atoms with E-state index in [0.717, 1.165) is 31.4 Å². The van der Waals surface area contributed by atoms with Crippen molar-refractivity contribution >= 4 is 0 Å². The van der Waals surface area contributed by atoms with E-state index in [2.05, 4.69) is 45.7 Å². The van der Waals surface area contributed by atoms with Crippen molar-refractivity contribution in [2.24, 2.45) is 0 Å². The van der Waals surface area contributed by atoms with E-state index in [-0.39, 0.29) is 24.4 Å². The maximum absolute atomic E-state index is 5.76. The minimum Gasteiger partial charge on any atom is -0.450 e. The molecule has 2 N–H and O–H groups in total. The molecule has 0 aliphatic carbocycles. The van der Waals surface area contributed by atoms with Crippen LogP contribution in [0.4, 0.5) is 0 Å². The Kier molecular flexibility index (Phi) is 15.8. The van der Waals surface area contributed by atoms with E-state index < -0.39 is 0 Å². The number of quaternary nitrogens is 1. The molecule has 5 heteroatoms. The molecule has 29 heavy (non-hydrogen) atoms. The molecule has 0 aliphatic rings. The van der Waals surface area contributed by atoms with Gasteiger partial charge in [-0.1, -0.05) is 23.8 Å². The molecule has 0 saturated heterocycles. The summed E-state index contributed by atoms with van der Waals surface area (Å²) in [5.74, 6) is 0. The minimum atomic E-state index is -0.0170. The van der Waals surface area contributed by atoms with Crippen LogP contribution in [-0.4, -0.2) is 52.9 Å². The fraction of sp³-hybridized carbons (Fsp3) is 0.625. The van der Waals surface area contributed by atoms with Crippen LogP contribution < -0.4 is 5.32 Å². The first-order chi connectivity index (χ1) is 13.8. The van der Waals surface area contributed by atoms with Gasteiger partial charge in [0.2, 0.25) is 0 Å². The number of ether oxygens (including phenoxy) is 4. The lowest BCUT2D eigenvalue weighted by atomic mass is 9.96. The summed E-state index contributed by atoms with van der Waals surface area (Å²) in [7, 11) is 10.7. The topological polar surface area (TPSA) is 53.5 Å². The minimum absolute atomic E-state index is 0.0170. The van der Waals surface area contributed by atoms with Crippen LogP contribution in [0.2, 0.25) is 0 Å². The van der Waals surface area contributed by atoms with Crippen molar-refractivity contribution in [1.29, 1.82) is 0 Å². The number of rotatable bonds is 16. The van der Waals surface area contributed by atoms with Crippen LogP contribution in [0.3, 0.4) is 0 Å². The van der Waals surface area contributed by atoms with Gasteiger partial charge in [0.05, 0.1) is 30.1 Å². The van der Waals surface area contributed by atoms with Gasteiger partial charge in [-0.25, -0.2) is 0 Å². The average molecular weight is 410 g/mol. The molecule has 5 nitrogen and oxygen atoms in total. The second kappa shape index (κ2) is 16.5. The zero-order valence-corrected chi connectivity index (χ0v) is 19.6. The number of methoxy groups -OCH3 is 4. The summed E-state index contributed by atoms with van der Waals surface area (Å²) < 4.78 is 22.7. The summed E-state index contributed by atoms with van der Waals surface area (Å²) in [6.07, 6.45) is 11.5. The summed E-state index contributed by atoms with van der Waals surface area (Å²) >= 11 is 0. The molecule has 0 bridgehead atoms. The Bertz CT molecular complexity index is 539. The monoisotopic (exact) mass is 409 g/mol. The fourth-order valence-electron chi connectivity index (χ4n) is 3.18. The molecular formula is C24H43NO4. The molecule has 4 atom stereocenters. The van der Waals surface area contributed by atoms with Crippen molar-refractivity contribution < 1.29 is 24.3 Å². The van der Waals surface area contributed by atoms with Gasteiger partial charge in [-0.05, 0) is 38.3 Å². The van der Waals surface area contributed by atoms with Crippen molar-refractivity contribution in [2.45, 2.75) is 70.9 Å². The average Bonchev–Trinajstić information content (AvgIpc) is 2.73. The van der Waals surface area contributed by atoms with E-state index >= 15 is 0 Å². The fourth-order valence-corrected chi connectivity index (χ4v) is 3.18. The van der Waals surface area contributed by atoms with E-state index in [9.17, 15) is 0 Å². The molecule has 0 radical (unpaired) electrons. The van der Waals surface area contributed by atoms with Crippen LogP contribution in [0.1, 0.15) is 46.5 Å². The molecule has 0 aromatic rings. The van der Waals surface area contributed by atoms with Gasteiger partial charge >= 0.3 is 0 Å². The van der Waals surface area contributed by atoms with E-state index in [1.165, 1.54) is 11.1 Å². The highest BCUT2D eigenvalue weighted by Gasteiger charge is 2.23. The Morgan fingerprint density at radius 1 is 0.862 bits per heavy atom. The Morgan fingerprint density at radius 3 is 1.90 bits per heavy atom. The smallest absolute Gasteiger partial charge is 0.0806 e. The number of hydrogen-bond donors (Lipinski definition) is 1. The third-order valence-corrected chi connectivity index (χ3v) is 5.14. The molecule has 0 heterocycles. The second-order valence-corrected chi connectivity index (χ2v) is 7.44. The maximum atomic E-state index is 5.76. The molecule has 0 aromatic heterocycles. The molecule has 0 aliphatic heterocycles. The van der Waals surface area contributed by atoms with Crippen LogP contribution in [0, 0.1) is 7.05 Å². The van der Waals surface area contributed by atoms with E-state index in [1.807, 2.05) is 18.3 Å². The molecule has 0 aromatic carbocycles. The Morgan fingerprint density at radius 2 is 1.41 bits per heavy atom. The van der Waals surface area contributed by atoms with Gasteiger partial charge in [-0.3, -0.25) is 0 Å². The number of allylic oxidation sites excluding steroid dienone is 5. The zero-order chi connectivity index (χ0) is 22.2. The molecule has 0 rings (SSSR count). The molecule has 0 amide bonds. The van der Waals surface area contributed by atoms with Crippen molar-refractivity contribution in [2.75, 3.05) is 28.4 Å². The van der Waals surface area contributed by atoms with Gasteiger partial charge in [0.25, 0.3) is 0 Å². The van der Waals surface area contributed by atoms with Gasteiger partial charge in [-0.15, -0.1) is 13.6 Å². The Labute approximate surface area is 178 Å². The van der Waals surface area contributed by atoms with E-state index in [4.69, 9.17) is 18.9 Å². The maximum Gasteiger partial charge on any atom is 0.0806 e. The summed E-state index contributed by atoms with van der Waals surface area (Å²) in [6, 6.07) is 0. The highest BCUT2D eigenvalue weighted by molar-refractivity contribution is 5.27. The summed E-state index contributed by atoms with van der Waals surface area (Å²) in [6.45, 7) is 10.0. The lowest BCUT2D eigenvalue weighted by molar-refractivity contribution is -0.542. The van der Waals surface area contributed by atoms with Crippen LogP contribution in [0.5, 0.6) is 0 Å². The van der Waals surface area contributed by atoms with Gasteiger partial charge < -0.3 is 24.3 Å².